The lowest BCUT2D eigenvalue weighted by atomic mass is 9.97. The van der Waals surface area contributed by atoms with E-state index in [0.29, 0.717) is 5.82 Å². The third-order valence-electron chi connectivity index (χ3n) is 5.03. The number of nitrogens with zero attached hydrogens (tertiary/aromatic N) is 4. The van der Waals surface area contributed by atoms with E-state index in [0.717, 1.165) is 46.1 Å². The number of benzene rings is 2. The summed E-state index contributed by atoms with van der Waals surface area (Å²) >= 11 is 0. The highest BCUT2D eigenvalue weighted by molar-refractivity contribution is 6.53. The van der Waals surface area contributed by atoms with Crippen LogP contribution in [0.15, 0.2) is 101 Å². The van der Waals surface area contributed by atoms with E-state index in [1.54, 1.807) is 0 Å². The topological polar surface area (TPSA) is 50.5 Å². The second kappa shape index (κ2) is 7.40. The first-order valence-electron chi connectivity index (χ1n) is 9.78. The van der Waals surface area contributed by atoms with Crippen LogP contribution in [0.1, 0.15) is 23.4 Å². The Morgan fingerprint density at radius 2 is 1.55 bits per heavy atom. The minimum Gasteiger partial charge on any atom is -0.271 e. The number of fused-ring (bicyclic) bond motifs is 1. The van der Waals surface area contributed by atoms with Gasteiger partial charge in [-0.2, -0.15) is 0 Å². The van der Waals surface area contributed by atoms with Gasteiger partial charge < -0.3 is 0 Å². The van der Waals surface area contributed by atoms with Gasteiger partial charge in [0.05, 0.1) is 23.1 Å². The molecule has 1 unspecified atom stereocenters. The Morgan fingerprint density at radius 1 is 0.828 bits per heavy atom. The highest BCUT2D eigenvalue weighted by Gasteiger charge is 2.26. The lowest BCUT2D eigenvalue weighted by Gasteiger charge is -2.23. The van der Waals surface area contributed by atoms with E-state index in [2.05, 4.69) is 35.3 Å². The minimum atomic E-state index is 0.0397. The number of aryl methyl sites for hydroxylation is 1. The first-order chi connectivity index (χ1) is 14.3. The fourth-order valence-corrected chi connectivity index (χ4v) is 3.63. The zero-order chi connectivity index (χ0) is 19.6. The quantitative estimate of drug-likeness (QED) is 0.649. The zero-order valence-electron chi connectivity index (χ0n) is 16.2. The van der Waals surface area contributed by atoms with Gasteiger partial charge in [0.25, 0.3) is 0 Å². The standard InChI is InChI=1S/C25H20N4/c1-17-16-22(29-25(26-17)19-12-6-3-7-13-19)24-23(18-10-4-2-5-11-18)27-20-14-8-9-15-21(20)28-24/h2-14,16,21H,15H2,1H3. The van der Waals surface area contributed by atoms with E-state index < -0.39 is 0 Å². The maximum Gasteiger partial charge on any atom is 0.160 e. The molecule has 140 valence electrons. The SMILES string of the molecule is Cc1cc(C2=NC3CC=CC=C3N=C2c2ccccc2)nc(-c2ccccc2)n1. The summed E-state index contributed by atoms with van der Waals surface area (Å²) in [6.07, 6.45) is 7.11. The number of hydrogen-bond acceptors (Lipinski definition) is 4. The second-order valence-corrected chi connectivity index (χ2v) is 7.16. The van der Waals surface area contributed by atoms with Crippen LogP contribution in [0.25, 0.3) is 11.4 Å². The molecule has 0 saturated carbocycles. The molecule has 4 nitrogen and oxygen atoms in total. The molecule has 2 aromatic carbocycles. The Balaban J connectivity index is 1.66. The molecule has 1 atom stereocenters. The highest BCUT2D eigenvalue weighted by Crippen LogP contribution is 2.26. The first kappa shape index (κ1) is 17.4. The smallest absolute Gasteiger partial charge is 0.160 e. The van der Waals surface area contributed by atoms with E-state index in [4.69, 9.17) is 15.0 Å². The summed E-state index contributed by atoms with van der Waals surface area (Å²) in [5.74, 6) is 0.709. The van der Waals surface area contributed by atoms with E-state index >= 15 is 0 Å². The van der Waals surface area contributed by atoms with Crippen molar-refractivity contribution in [2.45, 2.75) is 19.4 Å². The van der Waals surface area contributed by atoms with Crippen LogP contribution in [-0.2, 0) is 0 Å². The van der Waals surface area contributed by atoms with Crippen LogP contribution in [0.2, 0.25) is 0 Å². The van der Waals surface area contributed by atoms with Gasteiger partial charge in [0.15, 0.2) is 5.82 Å². The average molecular weight is 376 g/mol. The number of aromatic nitrogens is 2. The maximum atomic E-state index is 5.08. The fourth-order valence-electron chi connectivity index (χ4n) is 3.63. The summed E-state index contributed by atoms with van der Waals surface area (Å²) in [6, 6.07) is 22.3. The highest BCUT2D eigenvalue weighted by atomic mass is 15.0. The molecule has 0 saturated heterocycles. The van der Waals surface area contributed by atoms with E-state index in [9.17, 15) is 0 Å². The number of allylic oxidation sites excluding steroid dienone is 2. The molecule has 1 aromatic heterocycles. The molecule has 5 rings (SSSR count). The summed E-state index contributed by atoms with van der Waals surface area (Å²) in [6.45, 7) is 2.00. The normalized spacial score (nSPS) is 17.8. The Hall–Kier alpha value is -3.66. The van der Waals surface area contributed by atoms with Crippen LogP contribution in [0.4, 0.5) is 0 Å². The van der Waals surface area contributed by atoms with Gasteiger partial charge in [0.1, 0.15) is 5.71 Å². The van der Waals surface area contributed by atoms with Crippen LogP contribution in [0, 0.1) is 6.92 Å². The largest absolute Gasteiger partial charge is 0.271 e. The Kier molecular flexibility index (Phi) is 4.45. The second-order valence-electron chi connectivity index (χ2n) is 7.16. The third-order valence-corrected chi connectivity index (χ3v) is 5.03. The number of aliphatic imine (C=N–C) groups is 2. The van der Waals surface area contributed by atoms with Crippen LogP contribution >= 0.6 is 0 Å². The van der Waals surface area contributed by atoms with E-state index in [1.165, 1.54) is 0 Å². The Morgan fingerprint density at radius 3 is 2.31 bits per heavy atom. The third kappa shape index (κ3) is 3.45. The van der Waals surface area contributed by atoms with E-state index in [-0.39, 0.29) is 6.04 Å². The van der Waals surface area contributed by atoms with Gasteiger partial charge in [-0.25, -0.2) is 15.0 Å². The van der Waals surface area contributed by atoms with Crippen molar-refractivity contribution in [3.8, 4) is 11.4 Å². The van der Waals surface area contributed by atoms with Crippen LogP contribution < -0.4 is 0 Å². The molecule has 0 amide bonds. The van der Waals surface area contributed by atoms with Crippen molar-refractivity contribution in [3.05, 3.63) is 108 Å². The van der Waals surface area contributed by atoms with Crippen molar-refractivity contribution in [1.82, 2.24) is 9.97 Å². The minimum absolute atomic E-state index is 0.0397. The van der Waals surface area contributed by atoms with Gasteiger partial charge >= 0.3 is 0 Å². The molecule has 2 heterocycles. The molecular formula is C25H20N4. The fraction of sp³-hybridized carbons (Fsp3) is 0.120. The molecule has 0 N–H and O–H groups in total. The summed E-state index contributed by atoms with van der Waals surface area (Å²) in [7, 11) is 0. The molecule has 0 radical (unpaired) electrons. The maximum absolute atomic E-state index is 5.08. The van der Waals surface area contributed by atoms with Gasteiger partial charge in [0.2, 0.25) is 0 Å². The molecule has 0 bridgehead atoms. The molecule has 4 heteroatoms. The predicted octanol–water partition coefficient (Wildman–Crippen LogP) is 4.96. The van der Waals surface area contributed by atoms with Crippen molar-refractivity contribution < 1.29 is 0 Å². The molecule has 1 aliphatic carbocycles. The van der Waals surface area contributed by atoms with Crippen molar-refractivity contribution in [1.29, 1.82) is 0 Å². The molecule has 1 aliphatic heterocycles. The van der Waals surface area contributed by atoms with Crippen LogP contribution in [-0.4, -0.2) is 27.4 Å². The summed E-state index contributed by atoms with van der Waals surface area (Å²) in [5, 5.41) is 0. The van der Waals surface area contributed by atoms with Crippen molar-refractivity contribution in [3.63, 3.8) is 0 Å². The lowest BCUT2D eigenvalue weighted by molar-refractivity contribution is 0.761. The van der Waals surface area contributed by atoms with Gasteiger partial charge in [-0.05, 0) is 25.5 Å². The molecule has 0 spiro atoms. The van der Waals surface area contributed by atoms with Crippen molar-refractivity contribution >= 4 is 11.4 Å². The zero-order valence-corrected chi connectivity index (χ0v) is 16.2. The Labute approximate surface area is 170 Å². The van der Waals surface area contributed by atoms with E-state index in [1.807, 2.05) is 61.5 Å². The number of hydrogen-bond donors (Lipinski definition) is 0. The van der Waals surface area contributed by atoms with Gasteiger partial charge in [-0.15, -0.1) is 0 Å². The molecule has 3 aromatic rings. The monoisotopic (exact) mass is 376 g/mol. The summed E-state index contributed by atoms with van der Waals surface area (Å²) in [5.41, 5.74) is 6.45. The van der Waals surface area contributed by atoms with Crippen molar-refractivity contribution in [2.24, 2.45) is 9.98 Å². The Bertz CT molecular complexity index is 1170. The van der Waals surface area contributed by atoms with Crippen LogP contribution in [0.5, 0.6) is 0 Å². The van der Waals surface area contributed by atoms with Gasteiger partial charge in [0, 0.05) is 16.8 Å². The molecule has 0 fully saturated rings. The van der Waals surface area contributed by atoms with Gasteiger partial charge in [-0.3, -0.25) is 4.99 Å². The summed E-state index contributed by atoms with van der Waals surface area (Å²) in [4.78, 5) is 19.6. The predicted molar refractivity (Wildman–Crippen MR) is 117 cm³/mol. The van der Waals surface area contributed by atoms with Gasteiger partial charge in [-0.1, -0.05) is 72.8 Å². The lowest BCUT2D eigenvalue weighted by Crippen LogP contribution is -2.28. The molecule has 2 aliphatic rings. The summed E-state index contributed by atoms with van der Waals surface area (Å²) < 4.78 is 0. The van der Waals surface area contributed by atoms with Crippen molar-refractivity contribution in [2.75, 3.05) is 0 Å². The first-order valence-corrected chi connectivity index (χ1v) is 9.78. The van der Waals surface area contributed by atoms with Crippen LogP contribution in [0.3, 0.4) is 0 Å². The molecular weight excluding hydrogens is 356 g/mol. The molecule has 29 heavy (non-hydrogen) atoms. The number of rotatable bonds is 3. The average Bonchev–Trinajstić information content (AvgIpc) is 2.79.